The summed E-state index contributed by atoms with van der Waals surface area (Å²) in [7, 11) is -2.21. The Labute approximate surface area is 108 Å². The highest BCUT2D eigenvalue weighted by molar-refractivity contribution is 9.10. The summed E-state index contributed by atoms with van der Waals surface area (Å²) in [5.74, 6) is -0.618. The van der Waals surface area contributed by atoms with Gasteiger partial charge in [0.25, 0.3) is 0 Å². The summed E-state index contributed by atoms with van der Waals surface area (Å²) in [6.07, 6.45) is -0.245. The lowest BCUT2D eigenvalue weighted by Crippen LogP contribution is -2.31. The van der Waals surface area contributed by atoms with Crippen LogP contribution in [0.1, 0.15) is 6.92 Å². The average Bonchev–Trinajstić information content (AvgIpc) is 2.29. The molecule has 0 spiro atoms. The molecular formula is C10H13BrFNO3S. The number of ether oxygens (including phenoxy) is 1. The zero-order chi connectivity index (χ0) is 13.1. The molecule has 0 amide bonds. The fourth-order valence-electron chi connectivity index (χ4n) is 1.04. The third kappa shape index (κ3) is 4.02. The molecule has 7 heteroatoms. The molecule has 0 aliphatic rings. The standard InChI is InChI=1S/C10H13BrFNO3S/c1-7(16-2)6-13-17(14,15)8-3-4-9(11)10(12)5-8/h3-5,7,13H,6H2,1-2H3. The van der Waals surface area contributed by atoms with Crippen molar-refractivity contribution >= 4 is 26.0 Å². The Kier molecular flexibility index (Phi) is 5.05. The van der Waals surface area contributed by atoms with Crippen LogP contribution in [0.15, 0.2) is 27.6 Å². The third-order valence-electron chi connectivity index (χ3n) is 2.16. The van der Waals surface area contributed by atoms with E-state index in [1.807, 2.05) is 0 Å². The summed E-state index contributed by atoms with van der Waals surface area (Å²) in [6.45, 7) is 1.86. The zero-order valence-corrected chi connectivity index (χ0v) is 11.8. The van der Waals surface area contributed by atoms with Crippen molar-refractivity contribution in [3.63, 3.8) is 0 Å². The minimum atomic E-state index is -3.70. The zero-order valence-electron chi connectivity index (χ0n) is 9.41. The molecule has 0 radical (unpaired) electrons. The largest absolute Gasteiger partial charge is 0.380 e. The second kappa shape index (κ2) is 5.90. The molecule has 0 bridgehead atoms. The average molecular weight is 326 g/mol. The highest BCUT2D eigenvalue weighted by Crippen LogP contribution is 2.19. The van der Waals surface area contributed by atoms with E-state index in [0.29, 0.717) is 0 Å². The lowest BCUT2D eigenvalue weighted by molar-refractivity contribution is 0.122. The Morgan fingerprint density at radius 1 is 1.53 bits per heavy atom. The van der Waals surface area contributed by atoms with Crippen LogP contribution in [0.2, 0.25) is 0 Å². The Morgan fingerprint density at radius 2 is 2.18 bits per heavy atom. The van der Waals surface area contributed by atoms with Gasteiger partial charge in [-0.3, -0.25) is 0 Å². The fourth-order valence-corrected chi connectivity index (χ4v) is 2.41. The third-order valence-corrected chi connectivity index (χ3v) is 4.23. The molecule has 0 heterocycles. The summed E-state index contributed by atoms with van der Waals surface area (Å²) in [4.78, 5) is -0.110. The summed E-state index contributed by atoms with van der Waals surface area (Å²) >= 11 is 2.96. The molecule has 1 aromatic carbocycles. The van der Waals surface area contributed by atoms with Gasteiger partial charge >= 0.3 is 0 Å². The second-order valence-corrected chi connectivity index (χ2v) is 6.10. The van der Waals surface area contributed by atoms with E-state index in [1.54, 1.807) is 6.92 Å². The SMILES string of the molecule is COC(C)CNS(=O)(=O)c1ccc(Br)c(F)c1. The first-order valence-corrected chi connectivity index (χ1v) is 7.12. The van der Waals surface area contributed by atoms with Gasteiger partial charge in [0, 0.05) is 13.7 Å². The van der Waals surface area contributed by atoms with E-state index >= 15 is 0 Å². The summed E-state index contributed by atoms with van der Waals surface area (Å²) in [6, 6.07) is 3.64. The normalized spacial score (nSPS) is 13.6. The summed E-state index contributed by atoms with van der Waals surface area (Å²) in [5, 5.41) is 0. The maximum atomic E-state index is 13.2. The molecule has 1 atom stereocenters. The van der Waals surface area contributed by atoms with Gasteiger partial charge in [0.1, 0.15) is 5.82 Å². The van der Waals surface area contributed by atoms with Gasteiger partial charge < -0.3 is 4.74 Å². The van der Waals surface area contributed by atoms with Crippen LogP contribution in [0.25, 0.3) is 0 Å². The van der Waals surface area contributed by atoms with E-state index in [2.05, 4.69) is 20.7 Å². The Bertz CT molecular complexity index is 492. The Hall–Kier alpha value is -0.500. The van der Waals surface area contributed by atoms with Crippen LogP contribution < -0.4 is 4.72 Å². The quantitative estimate of drug-likeness (QED) is 0.899. The predicted octanol–water partition coefficient (Wildman–Crippen LogP) is 1.90. The molecule has 0 aliphatic carbocycles. The van der Waals surface area contributed by atoms with Crippen LogP contribution in [0.3, 0.4) is 0 Å². The number of benzene rings is 1. The molecule has 96 valence electrons. The van der Waals surface area contributed by atoms with E-state index < -0.39 is 15.8 Å². The molecule has 1 aromatic rings. The van der Waals surface area contributed by atoms with Gasteiger partial charge in [0.2, 0.25) is 10.0 Å². The second-order valence-electron chi connectivity index (χ2n) is 3.47. The van der Waals surface area contributed by atoms with Crippen molar-refractivity contribution in [3.8, 4) is 0 Å². The van der Waals surface area contributed by atoms with Crippen molar-refractivity contribution in [1.29, 1.82) is 0 Å². The first-order valence-electron chi connectivity index (χ1n) is 4.84. The Morgan fingerprint density at radius 3 is 2.71 bits per heavy atom. The molecule has 0 saturated heterocycles. The minimum absolute atomic E-state index is 0.110. The van der Waals surface area contributed by atoms with Crippen LogP contribution in [0.4, 0.5) is 4.39 Å². The van der Waals surface area contributed by atoms with Crippen LogP contribution in [0, 0.1) is 5.82 Å². The van der Waals surface area contributed by atoms with Crippen LogP contribution in [0.5, 0.6) is 0 Å². The van der Waals surface area contributed by atoms with Gasteiger partial charge in [-0.25, -0.2) is 17.5 Å². The Balaban J connectivity index is 2.86. The summed E-state index contributed by atoms with van der Waals surface area (Å²) in [5.41, 5.74) is 0. The predicted molar refractivity (Wildman–Crippen MR) is 65.8 cm³/mol. The molecule has 1 N–H and O–H groups in total. The van der Waals surface area contributed by atoms with Crippen molar-refractivity contribution in [2.24, 2.45) is 0 Å². The van der Waals surface area contributed by atoms with Gasteiger partial charge in [-0.2, -0.15) is 0 Å². The molecule has 0 aromatic heterocycles. The van der Waals surface area contributed by atoms with E-state index in [-0.39, 0.29) is 22.0 Å². The number of nitrogens with one attached hydrogen (secondary N) is 1. The monoisotopic (exact) mass is 325 g/mol. The van der Waals surface area contributed by atoms with Gasteiger partial charge in [0.15, 0.2) is 0 Å². The maximum absolute atomic E-state index is 13.2. The highest BCUT2D eigenvalue weighted by atomic mass is 79.9. The number of rotatable bonds is 5. The van der Waals surface area contributed by atoms with Gasteiger partial charge in [0.05, 0.1) is 15.5 Å². The highest BCUT2D eigenvalue weighted by Gasteiger charge is 2.16. The number of hydrogen-bond acceptors (Lipinski definition) is 3. The van der Waals surface area contributed by atoms with Crippen LogP contribution >= 0.6 is 15.9 Å². The maximum Gasteiger partial charge on any atom is 0.240 e. The first kappa shape index (κ1) is 14.6. The molecule has 0 aliphatic heterocycles. The van der Waals surface area contributed by atoms with Gasteiger partial charge in [-0.05, 0) is 41.1 Å². The smallest absolute Gasteiger partial charge is 0.240 e. The molecule has 0 fully saturated rings. The topological polar surface area (TPSA) is 55.4 Å². The molecule has 4 nitrogen and oxygen atoms in total. The number of hydrogen-bond donors (Lipinski definition) is 1. The number of methoxy groups -OCH3 is 1. The van der Waals surface area contributed by atoms with Crippen LogP contribution in [-0.4, -0.2) is 28.2 Å². The van der Waals surface area contributed by atoms with E-state index in [0.717, 1.165) is 6.07 Å². The fraction of sp³-hybridized carbons (Fsp3) is 0.400. The number of halogens is 2. The van der Waals surface area contributed by atoms with Crippen molar-refractivity contribution in [1.82, 2.24) is 4.72 Å². The van der Waals surface area contributed by atoms with E-state index in [9.17, 15) is 12.8 Å². The van der Waals surface area contributed by atoms with Crippen molar-refractivity contribution in [3.05, 3.63) is 28.5 Å². The minimum Gasteiger partial charge on any atom is -0.380 e. The van der Waals surface area contributed by atoms with Crippen molar-refractivity contribution in [2.75, 3.05) is 13.7 Å². The van der Waals surface area contributed by atoms with Crippen molar-refractivity contribution < 1.29 is 17.5 Å². The lowest BCUT2D eigenvalue weighted by atomic mass is 10.3. The van der Waals surface area contributed by atoms with Gasteiger partial charge in [-0.1, -0.05) is 0 Å². The molecule has 1 unspecified atom stereocenters. The first-order chi connectivity index (χ1) is 7.86. The molecule has 1 rings (SSSR count). The summed E-state index contributed by atoms with van der Waals surface area (Å²) < 4.78 is 44.2. The van der Waals surface area contributed by atoms with Gasteiger partial charge in [-0.15, -0.1) is 0 Å². The lowest BCUT2D eigenvalue weighted by Gasteiger charge is -2.11. The van der Waals surface area contributed by atoms with Crippen LogP contribution in [-0.2, 0) is 14.8 Å². The van der Waals surface area contributed by atoms with E-state index in [4.69, 9.17) is 4.74 Å². The van der Waals surface area contributed by atoms with Crippen molar-refractivity contribution in [2.45, 2.75) is 17.9 Å². The molecular weight excluding hydrogens is 313 g/mol. The molecule has 17 heavy (non-hydrogen) atoms. The molecule has 0 saturated carbocycles. The number of sulfonamides is 1. The van der Waals surface area contributed by atoms with E-state index in [1.165, 1.54) is 19.2 Å².